The number of amides is 1. The highest BCUT2D eigenvalue weighted by atomic mass is 16.5. The molecular formula is C52H93NO6. The minimum absolute atomic E-state index is 0.00475. The molecule has 3 N–H and O–H groups in total. The molecule has 59 heavy (non-hydrogen) atoms. The van der Waals surface area contributed by atoms with Crippen molar-refractivity contribution in [2.24, 2.45) is 46.3 Å². The molecule has 0 aromatic rings. The van der Waals surface area contributed by atoms with Gasteiger partial charge in [-0.25, -0.2) is 0 Å². The van der Waals surface area contributed by atoms with E-state index < -0.39 is 5.97 Å². The Bertz CT molecular complexity index is 1210. The first-order valence-corrected chi connectivity index (χ1v) is 25.9. The van der Waals surface area contributed by atoms with Gasteiger partial charge < -0.3 is 20.3 Å². The lowest BCUT2D eigenvalue weighted by molar-refractivity contribution is -0.181. The molecule has 0 aromatic carbocycles. The molecule has 0 bridgehead atoms. The number of nitrogens with one attached hydrogen (secondary N) is 1. The number of aliphatic hydroxyl groups excluding tert-OH is 1. The van der Waals surface area contributed by atoms with Crippen LogP contribution in [0, 0.1) is 46.3 Å². The van der Waals surface area contributed by atoms with Crippen molar-refractivity contribution in [3.63, 3.8) is 0 Å². The fraction of sp³-hybridized carbons (Fsp3) is 0.942. The molecule has 0 radical (unpaired) electrons. The van der Waals surface area contributed by atoms with Crippen LogP contribution in [0.15, 0.2) is 0 Å². The second-order valence-electron chi connectivity index (χ2n) is 21.1. The zero-order valence-electron chi connectivity index (χ0n) is 38.9. The Morgan fingerprint density at radius 3 is 1.71 bits per heavy atom. The molecule has 342 valence electrons. The van der Waals surface area contributed by atoms with Gasteiger partial charge in [0.25, 0.3) is 0 Å². The Hall–Kier alpha value is -1.63. The van der Waals surface area contributed by atoms with Crippen molar-refractivity contribution in [1.82, 2.24) is 5.32 Å². The molecule has 0 heterocycles. The van der Waals surface area contributed by atoms with E-state index in [1.165, 1.54) is 148 Å². The average molecular weight is 828 g/mol. The molecule has 7 heteroatoms. The normalized spacial score (nSPS) is 30.6. The van der Waals surface area contributed by atoms with Gasteiger partial charge in [-0.3, -0.25) is 14.4 Å². The first kappa shape index (κ1) is 50.0. The lowest BCUT2D eigenvalue weighted by Crippen LogP contribution is -2.59. The maximum Gasteiger partial charge on any atom is 0.322 e. The van der Waals surface area contributed by atoms with Crippen LogP contribution in [0.5, 0.6) is 0 Å². The number of hydrogen-bond donors (Lipinski definition) is 3. The summed E-state index contributed by atoms with van der Waals surface area (Å²) in [6, 6.07) is 0. The number of fused-ring (bicyclic) bond motifs is 5. The number of ether oxygens (including phenoxy) is 1. The van der Waals surface area contributed by atoms with Gasteiger partial charge in [-0.1, -0.05) is 169 Å². The van der Waals surface area contributed by atoms with Gasteiger partial charge >= 0.3 is 11.9 Å². The second-order valence-corrected chi connectivity index (χ2v) is 21.1. The minimum Gasteiger partial charge on any atom is -0.480 e. The highest BCUT2D eigenvalue weighted by molar-refractivity contribution is 5.81. The molecule has 4 rings (SSSR count). The standard InChI is InChI=1S/C52H93NO6/c1-5-6-7-8-9-10-11-12-13-14-15-16-17-18-19-20-21-22-23-24-25-26-27-28-50(58)59-42-35-36-51(3)41(37-42)30-31-43-45-33-32-44(52(45,4)47(54)38-46(43)51)40(2)29-34-48(55)53-39-49(56)57/h40-47,54H,5-39H2,1-4H3,(H,53,55)(H,56,57). The third-order valence-electron chi connectivity index (χ3n) is 17.0. The zero-order valence-corrected chi connectivity index (χ0v) is 38.9. The molecule has 0 saturated heterocycles. The molecule has 0 aromatic heterocycles. The van der Waals surface area contributed by atoms with Crippen LogP contribution in [0.3, 0.4) is 0 Å². The topological polar surface area (TPSA) is 113 Å². The predicted molar refractivity (Wildman–Crippen MR) is 242 cm³/mol. The van der Waals surface area contributed by atoms with Crippen LogP contribution >= 0.6 is 0 Å². The Labute approximate surface area is 362 Å². The average Bonchev–Trinajstić information content (AvgIpc) is 3.58. The van der Waals surface area contributed by atoms with Crippen LogP contribution in [0.2, 0.25) is 0 Å². The molecule has 7 nitrogen and oxygen atoms in total. The molecule has 4 aliphatic rings. The van der Waals surface area contributed by atoms with Gasteiger partial charge in [-0.05, 0) is 111 Å². The van der Waals surface area contributed by atoms with Gasteiger partial charge in [0.2, 0.25) is 5.91 Å². The smallest absolute Gasteiger partial charge is 0.322 e. The first-order chi connectivity index (χ1) is 28.5. The molecule has 0 aliphatic heterocycles. The molecule has 4 saturated carbocycles. The summed E-state index contributed by atoms with van der Waals surface area (Å²) >= 11 is 0. The molecule has 10 atom stereocenters. The van der Waals surface area contributed by atoms with Crippen molar-refractivity contribution in [3.05, 3.63) is 0 Å². The van der Waals surface area contributed by atoms with E-state index in [1.54, 1.807) is 0 Å². The van der Waals surface area contributed by atoms with Gasteiger partial charge in [0.15, 0.2) is 0 Å². The minimum atomic E-state index is -1.02. The van der Waals surface area contributed by atoms with Gasteiger partial charge in [0.1, 0.15) is 12.6 Å². The third-order valence-corrected chi connectivity index (χ3v) is 17.0. The van der Waals surface area contributed by atoms with E-state index in [4.69, 9.17) is 9.84 Å². The first-order valence-electron chi connectivity index (χ1n) is 25.9. The fourth-order valence-corrected chi connectivity index (χ4v) is 13.4. The number of esters is 1. The number of carboxylic acid groups (broad SMARTS) is 1. The quantitative estimate of drug-likeness (QED) is 0.0474. The summed E-state index contributed by atoms with van der Waals surface area (Å²) in [4.78, 5) is 36.0. The van der Waals surface area contributed by atoms with E-state index in [-0.39, 0.29) is 41.5 Å². The molecular weight excluding hydrogens is 735 g/mol. The monoisotopic (exact) mass is 828 g/mol. The molecule has 1 amide bonds. The van der Waals surface area contributed by atoms with Crippen LogP contribution in [0.25, 0.3) is 0 Å². The van der Waals surface area contributed by atoms with E-state index in [0.717, 1.165) is 57.8 Å². The summed E-state index contributed by atoms with van der Waals surface area (Å²) in [6.45, 7) is 9.02. The van der Waals surface area contributed by atoms with Crippen molar-refractivity contribution in [2.45, 2.75) is 258 Å². The lowest BCUT2D eigenvalue weighted by atomic mass is 9.43. The number of hydrogen-bond acceptors (Lipinski definition) is 5. The highest BCUT2D eigenvalue weighted by Crippen LogP contribution is 2.68. The maximum atomic E-state index is 12.9. The van der Waals surface area contributed by atoms with E-state index in [9.17, 15) is 19.5 Å². The number of carboxylic acids is 1. The van der Waals surface area contributed by atoms with Crippen molar-refractivity contribution >= 4 is 17.8 Å². The molecule has 4 aliphatic carbocycles. The van der Waals surface area contributed by atoms with Crippen molar-refractivity contribution in [1.29, 1.82) is 0 Å². The predicted octanol–water partition coefficient (Wildman–Crippen LogP) is 13.5. The number of carbonyl (C=O) groups is 3. The summed E-state index contributed by atoms with van der Waals surface area (Å²) < 4.78 is 6.14. The summed E-state index contributed by atoms with van der Waals surface area (Å²) in [7, 11) is 0. The zero-order chi connectivity index (χ0) is 42.5. The number of aliphatic carboxylic acids is 1. The Kier molecular flexibility index (Phi) is 22.7. The largest absolute Gasteiger partial charge is 0.480 e. The van der Waals surface area contributed by atoms with Gasteiger partial charge in [-0.15, -0.1) is 0 Å². The molecule has 4 fully saturated rings. The fourth-order valence-electron chi connectivity index (χ4n) is 13.4. The van der Waals surface area contributed by atoms with Crippen LogP contribution in [0.4, 0.5) is 0 Å². The summed E-state index contributed by atoms with van der Waals surface area (Å²) in [5.41, 5.74) is 0.0469. The molecule has 10 unspecified atom stereocenters. The van der Waals surface area contributed by atoms with E-state index in [2.05, 4.69) is 33.0 Å². The van der Waals surface area contributed by atoms with E-state index in [1.807, 2.05) is 0 Å². The second kappa shape index (κ2) is 26.8. The van der Waals surface area contributed by atoms with Crippen LogP contribution in [-0.2, 0) is 19.1 Å². The number of aliphatic hydroxyl groups is 1. The van der Waals surface area contributed by atoms with Gasteiger partial charge in [0, 0.05) is 12.8 Å². The highest BCUT2D eigenvalue weighted by Gasteiger charge is 2.63. The van der Waals surface area contributed by atoms with Gasteiger partial charge in [0.05, 0.1) is 6.10 Å². The van der Waals surface area contributed by atoms with Crippen molar-refractivity contribution < 1.29 is 29.3 Å². The maximum absolute atomic E-state index is 12.9. The Balaban J connectivity index is 1.00. The lowest BCUT2D eigenvalue weighted by Gasteiger charge is -2.62. The van der Waals surface area contributed by atoms with Gasteiger partial charge in [-0.2, -0.15) is 0 Å². The SMILES string of the molecule is CCCCCCCCCCCCCCCCCCCCCCCCCC(=O)OC1CCC2(C)C(CCC3C2CC(O)C2(C)C(C(C)CCC(=O)NCC(=O)O)CCC32)C1. The van der Waals surface area contributed by atoms with E-state index in [0.29, 0.717) is 48.3 Å². The van der Waals surface area contributed by atoms with Crippen molar-refractivity contribution in [3.8, 4) is 0 Å². The number of unbranched alkanes of at least 4 members (excludes halogenated alkanes) is 22. The van der Waals surface area contributed by atoms with Crippen LogP contribution in [-0.4, -0.2) is 46.8 Å². The molecule has 0 spiro atoms. The third kappa shape index (κ3) is 15.6. The summed E-state index contributed by atoms with van der Waals surface area (Å²) in [5, 5.41) is 23.3. The van der Waals surface area contributed by atoms with Crippen LogP contribution in [0.1, 0.15) is 246 Å². The Morgan fingerprint density at radius 2 is 1.19 bits per heavy atom. The van der Waals surface area contributed by atoms with E-state index >= 15 is 0 Å². The summed E-state index contributed by atoms with van der Waals surface area (Å²) in [5.74, 6) is 1.63. The Morgan fingerprint density at radius 1 is 0.661 bits per heavy atom. The number of carbonyl (C=O) groups excluding carboxylic acids is 2. The number of rotatable bonds is 31. The van der Waals surface area contributed by atoms with Crippen LogP contribution < -0.4 is 5.32 Å². The summed E-state index contributed by atoms with van der Waals surface area (Å²) in [6.07, 6.45) is 41.4. The van der Waals surface area contributed by atoms with Crippen molar-refractivity contribution in [2.75, 3.05) is 6.54 Å².